The Kier molecular flexibility index (Phi) is 3.49. The third-order valence-corrected chi connectivity index (χ3v) is 3.84. The number of hydrogen-bond donors (Lipinski definition) is 1. The van der Waals surface area contributed by atoms with Crippen LogP contribution in [-0.4, -0.2) is 20.2 Å². The van der Waals surface area contributed by atoms with Gasteiger partial charge in [0.15, 0.2) is 0 Å². The summed E-state index contributed by atoms with van der Waals surface area (Å²) in [5, 5.41) is 3.36. The molecule has 1 aromatic rings. The van der Waals surface area contributed by atoms with Gasteiger partial charge >= 0.3 is 0 Å². The fraction of sp³-hybridized carbons (Fsp3) is 0.571. The molecule has 2 atom stereocenters. The first-order valence-corrected chi connectivity index (χ1v) is 6.07. The zero-order valence-corrected chi connectivity index (χ0v) is 10.4. The quantitative estimate of drug-likeness (QED) is 0.843. The van der Waals surface area contributed by atoms with Crippen LogP contribution in [0.15, 0.2) is 18.2 Å². The molecule has 1 aliphatic rings. The van der Waals surface area contributed by atoms with Gasteiger partial charge in [0.25, 0.3) is 0 Å². The van der Waals surface area contributed by atoms with E-state index >= 15 is 0 Å². The van der Waals surface area contributed by atoms with E-state index in [-0.39, 0.29) is 0 Å². The molecule has 0 aliphatic heterocycles. The fourth-order valence-corrected chi connectivity index (χ4v) is 2.55. The number of hydrogen-bond acceptors (Lipinski definition) is 2. The van der Waals surface area contributed by atoms with Crippen LogP contribution in [0.2, 0.25) is 0 Å². The van der Waals surface area contributed by atoms with E-state index in [0.717, 1.165) is 11.7 Å². The topological polar surface area (TPSA) is 21.3 Å². The minimum absolute atomic E-state index is 0.597. The minimum atomic E-state index is 0.597. The lowest BCUT2D eigenvalue weighted by Crippen LogP contribution is -2.34. The van der Waals surface area contributed by atoms with Gasteiger partial charge in [0.1, 0.15) is 5.75 Å². The average Bonchev–Trinajstić information content (AvgIpc) is 2.36. The van der Waals surface area contributed by atoms with Crippen LogP contribution in [0, 0.1) is 5.92 Å². The van der Waals surface area contributed by atoms with Gasteiger partial charge in [0.2, 0.25) is 0 Å². The van der Waals surface area contributed by atoms with E-state index in [9.17, 15) is 0 Å². The number of methoxy groups -OCH3 is 1. The first kappa shape index (κ1) is 11.5. The maximum atomic E-state index is 5.29. The Labute approximate surface area is 98.0 Å². The van der Waals surface area contributed by atoms with Gasteiger partial charge in [-0.15, -0.1) is 0 Å². The van der Waals surface area contributed by atoms with Crippen molar-refractivity contribution < 1.29 is 4.74 Å². The standard InChI is InChI=1S/C14H21NO/c1-10(15-2)12-5-4-11-6-7-14(16-3)9-13(11)8-12/h6-7,9-10,12,15H,4-5,8H2,1-3H3. The maximum absolute atomic E-state index is 5.29. The van der Waals surface area contributed by atoms with Gasteiger partial charge in [-0.1, -0.05) is 6.07 Å². The second-order valence-electron chi connectivity index (χ2n) is 4.71. The molecule has 0 spiro atoms. The first-order valence-electron chi connectivity index (χ1n) is 6.07. The van der Waals surface area contributed by atoms with Gasteiger partial charge in [-0.05, 0) is 62.4 Å². The predicted molar refractivity (Wildman–Crippen MR) is 67.0 cm³/mol. The third-order valence-electron chi connectivity index (χ3n) is 3.84. The van der Waals surface area contributed by atoms with Gasteiger partial charge in [-0.25, -0.2) is 0 Å². The summed E-state index contributed by atoms with van der Waals surface area (Å²) in [5.74, 6) is 1.74. The summed E-state index contributed by atoms with van der Waals surface area (Å²) in [7, 11) is 3.78. The van der Waals surface area contributed by atoms with Crippen molar-refractivity contribution >= 4 is 0 Å². The zero-order chi connectivity index (χ0) is 11.5. The Hall–Kier alpha value is -1.02. The Morgan fingerprint density at radius 1 is 1.38 bits per heavy atom. The molecule has 2 heteroatoms. The van der Waals surface area contributed by atoms with E-state index in [1.807, 2.05) is 7.05 Å². The molecule has 88 valence electrons. The lowest BCUT2D eigenvalue weighted by molar-refractivity contribution is 0.352. The van der Waals surface area contributed by atoms with Gasteiger partial charge in [0, 0.05) is 6.04 Å². The van der Waals surface area contributed by atoms with Crippen LogP contribution in [-0.2, 0) is 12.8 Å². The van der Waals surface area contributed by atoms with Crippen molar-refractivity contribution in [1.82, 2.24) is 5.32 Å². The highest BCUT2D eigenvalue weighted by Gasteiger charge is 2.22. The molecule has 0 heterocycles. The van der Waals surface area contributed by atoms with E-state index in [2.05, 4.69) is 30.4 Å². The average molecular weight is 219 g/mol. The molecule has 1 aromatic carbocycles. The number of aryl methyl sites for hydroxylation is 1. The van der Waals surface area contributed by atoms with Crippen molar-refractivity contribution in [2.45, 2.75) is 32.2 Å². The molecule has 0 fully saturated rings. The van der Waals surface area contributed by atoms with E-state index in [0.29, 0.717) is 6.04 Å². The molecule has 16 heavy (non-hydrogen) atoms. The molecule has 0 aromatic heterocycles. The van der Waals surface area contributed by atoms with Crippen LogP contribution in [0.5, 0.6) is 5.75 Å². The molecule has 0 bridgehead atoms. The maximum Gasteiger partial charge on any atom is 0.119 e. The fourth-order valence-electron chi connectivity index (χ4n) is 2.55. The van der Waals surface area contributed by atoms with Crippen LogP contribution in [0.3, 0.4) is 0 Å². The van der Waals surface area contributed by atoms with Gasteiger partial charge in [-0.2, -0.15) is 0 Å². The normalized spacial score (nSPS) is 21.3. The number of rotatable bonds is 3. The van der Waals surface area contributed by atoms with Crippen molar-refractivity contribution in [2.75, 3.05) is 14.2 Å². The zero-order valence-electron chi connectivity index (χ0n) is 10.4. The molecule has 0 radical (unpaired) electrons. The molecular formula is C14H21NO. The Morgan fingerprint density at radius 3 is 2.88 bits per heavy atom. The lowest BCUT2D eigenvalue weighted by Gasteiger charge is -2.29. The van der Waals surface area contributed by atoms with Crippen molar-refractivity contribution in [3.05, 3.63) is 29.3 Å². The molecule has 0 saturated carbocycles. The summed E-state index contributed by atoms with van der Waals surface area (Å²) in [5.41, 5.74) is 2.97. The van der Waals surface area contributed by atoms with Crippen molar-refractivity contribution in [3.63, 3.8) is 0 Å². The Balaban J connectivity index is 2.18. The van der Waals surface area contributed by atoms with Crippen molar-refractivity contribution in [3.8, 4) is 5.75 Å². The van der Waals surface area contributed by atoms with E-state index in [1.165, 1.54) is 30.4 Å². The SMILES string of the molecule is CNC(C)C1CCc2ccc(OC)cc2C1. The second-order valence-corrected chi connectivity index (χ2v) is 4.71. The molecule has 0 amide bonds. The molecule has 0 saturated heterocycles. The predicted octanol–water partition coefficient (Wildman–Crippen LogP) is 2.41. The van der Waals surface area contributed by atoms with Crippen LogP contribution in [0.1, 0.15) is 24.5 Å². The molecular weight excluding hydrogens is 198 g/mol. The summed E-state index contributed by atoms with van der Waals surface area (Å²) in [4.78, 5) is 0. The monoisotopic (exact) mass is 219 g/mol. The summed E-state index contributed by atoms with van der Waals surface area (Å²) < 4.78 is 5.29. The second kappa shape index (κ2) is 4.88. The van der Waals surface area contributed by atoms with Gasteiger partial charge in [0.05, 0.1) is 7.11 Å². The largest absolute Gasteiger partial charge is 0.497 e. The highest BCUT2D eigenvalue weighted by molar-refractivity contribution is 5.37. The smallest absolute Gasteiger partial charge is 0.119 e. The summed E-state index contributed by atoms with van der Waals surface area (Å²) in [6.45, 7) is 2.27. The van der Waals surface area contributed by atoms with Gasteiger partial charge in [-0.3, -0.25) is 0 Å². The van der Waals surface area contributed by atoms with Crippen molar-refractivity contribution in [2.24, 2.45) is 5.92 Å². The number of ether oxygens (including phenoxy) is 1. The molecule has 1 N–H and O–H groups in total. The highest BCUT2D eigenvalue weighted by atomic mass is 16.5. The highest BCUT2D eigenvalue weighted by Crippen LogP contribution is 2.30. The van der Waals surface area contributed by atoms with Crippen LogP contribution in [0.25, 0.3) is 0 Å². The summed E-state index contributed by atoms with van der Waals surface area (Å²) >= 11 is 0. The van der Waals surface area contributed by atoms with E-state index in [1.54, 1.807) is 7.11 Å². The first-order chi connectivity index (χ1) is 7.74. The summed E-state index contributed by atoms with van der Waals surface area (Å²) in [6, 6.07) is 7.08. The lowest BCUT2D eigenvalue weighted by atomic mass is 9.80. The van der Waals surface area contributed by atoms with Gasteiger partial charge < -0.3 is 10.1 Å². The van der Waals surface area contributed by atoms with Crippen LogP contribution in [0.4, 0.5) is 0 Å². The van der Waals surface area contributed by atoms with E-state index in [4.69, 9.17) is 4.74 Å². The molecule has 2 nitrogen and oxygen atoms in total. The van der Waals surface area contributed by atoms with Crippen LogP contribution >= 0.6 is 0 Å². The number of nitrogens with one attached hydrogen (secondary N) is 1. The molecule has 1 aliphatic carbocycles. The summed E-state index contributed by atoms with van der Waals surface area (Å²) in [6.07, 6.45) is 3.67. The third kappa shape index (κ3) is 2.22. The van der Waals surface area contributed by atoms with Crippen LogP contribution < -0.4 is 10.1 Å². The Bertz CT molecular complexity index is 362. The van der Waals surface area contributed by atoms with E-state index < -0.39 is 0 Å². The number of benzene rings is 1. The van der Waals surface area contributed by atoms with Crippen molar-refractivity contribution in [1.29, 1.82) is 0 Å². The number of fused-ring (bicyclic) bond motifs is 1. The minimum Gasteiger partial charge on any atom is -0.497 e. The molecule has 2 unspecified atom stereocenters. The Morgan fingerprint density at radius 2 is 2.19 bits per heavy atom. The molecule has 2 rings (SSSR count).